The van der Waals surface area contributed by atoms with Crippen molar-refractivity contribution >= 4 is 17.3 Å². The molecule has 24 heavy (non-hydrogen) atoms. The summed E-state index contributed by atoms with van der Waals surface area (Å²) in [5.74, 6) is 0.597. The number of anilines is 1. The molecule has 4 N–H and O–H groups in total. The maximum atomic E-state index is 9.11. The van der Waals surface area contributed by atoms with Crippen LogP contribution in [0.25, 0.3) is 0 Å². The Bertz CT molecular complexity index is 667. The molecule has 1 saturated heterocycles. The van der Waals surface area contributed by atoms with E-state index in [1.807, 2.05) is 18.2 Å². The fourth-order valence-electron chi connectivity index (χ4n) is 2.96. The predicted octanol–water partition coefficient (Wildman–Crippen LogP) is 2.15. The minimum atomic E-state index is -1.00. The molecule has 128 valence electrons. The summed E-state index contributed by atoms with van der Waals surface area (Å²) in [5, 5.41) is 13.2. The number of aliphatic hydroxyl groups is 1. The molecule has 2 aromatic rings. The molecule has 2 aromatic carbocycles. The molecule has 1 heterocycles. The Kier molecular flexibility index (Phi) is 5.58. The second kappa shape index (κ2) is 7.85. The molecule has 0 radical (unpaired) electrons. The highest BCUT2D eigenvalue weighted by Crippen LogP contribution is 2.35. The number of ether oxygens (including phenoxy) is 1. The van der Waals surface area contributed by atoms with Crippen LogP contribution < -0.4 is 20.7 Å². The van der Waals surface area contributed by atoms with Crippen LogP contribution in [0.3, 0.4) is 0 Å². The number of nitrogens with zero attached hydrogens (tertiary/aromatic N) is 1. The van der Waals surface area contributed by atoms with E-state index in [-0.39, 0.29) is 12.6 Å². The molecule has 2 atom stereocenters. The van der Waals surface area contributed by atoms with E-state index in [1.165, 1.54) is 5.56 Å². The summed E-state index contributed by atoms with van der Waals surface area (Å²) < 4.78 is 5.41. The molecule has 0 aliphatic carbocycles. The van der Waals surface area contributed by atoms with E-state index in [1.54, 1.807) is 6.07 Å². The molecule has 0 amide bonds. The third-order valence-corrected chi connectivity index (χ3v) is 4.38. The van der Waals surface area contributed by atoms with E-state index in [0.29, 0.717) is 10.8 Å². The van der Waals surface area contributed by atoms with E-state index in [2.05, 4.69) is 34.5 Å². The zero-order chi connectivity index (χ0) is 16.9. The van der Waals surface area contributed by atoms with Gasteiger partial charge in [0.05, 0.1) is 16.8 Å². The Morgan fingerprint density at radius 2 is 2.08 bits per heavy atom. The SMILES string of the molecule is N[C@@H](O)COc1ccc(N2CCNC[C@H]2c2ccccc2)c(Cl)c1. The maximum Gasteiger partial charge on any atom is 0.136 e. The number of nitrogens with two attached hydrogens (primary N) is 1. The van der Waals surface area contributed by atoms with Gasteiger partial charge in [-0.2, -0.15) is 0 Å². The van der Waals surface area contributed by atoms with Gasteiger partial charge in [-0.1, -0.05) is 41.9 Å². The number of nitrogens with one attached hydrogen (secondary N) is 1. The van der Waals surface area contributed by atoms with Crippen molar-refractivity contribution in [1.82, 2.24) is 5.32 Å². The van der Waals surface area contributed by atoms with Crippen molar-refractivity contribution in [2.24, 2.45) is 5.73 Å². The van der Waals surface area contributed by atoms with Crippen LogP contribution in [-0.2, 0) is 0 Å². The number of hydrogen-bond acceptors (Lipinski definition) is 5. The molecule has 6 heteroatoms. The van der Waals surface area contributed by atoms with Gasteiger partial charge >= 0.3 is 0 Å². The largest absolute Gasteiger partial charge is 0.489 e. The van der Waals surface area contributed by atoms with E-state index in [9.17, 15) is 0 Å². The highest BCUT2D eigenvalue weighted by molar-refractivity contribution is 6.33. The molecule has 0 bridgehead atoms. The molecule has 0 unspecified atom stereocenters. The van der Waals surface area contributed by atoms with Gasteiger partial charge in [0, 0.05) is 25.7 Å². The van der Waals surface area contributed by atoms with Crippen molar-refractivity contribution in [3.05, 3.63) is 59.1 Å². The molecule has 5 nitrogen and oxygen atoms in total. The summed E-state index contributed by atoms with van der Waals surface area (Å²) in [7, 11) is 0. The lowest BCUT2D eigenvalue weighted by Gasteiger charge is -2.38. The first kappa shape index (κ1) is 17.0. The molecule has 1 aliphatic heterocycles. The van der Waals surface area contributed by atoms with Gasteiger partial charge in [-0.05, 0) is 17.7 Å². The first-order valence-corrected chi connectivity index (χ1v) is 8.41. The summed E-state index contributed by atoms with van der Waals surface area (Å²) in [6, 6.07) is 16.2. The van der Waals surface area contributed by atoms with Gasteiger partial charge in [-0.3, -0.25) is 0 Å². The van der Waals surface area contributed by atoms with Crippen LogP contribution in [0, 0.1) is 0 Å². The van der Waals surface area contributed by atoms with Crippen molar-refractivity contribution in [2.75, 3.05) is 31.1 Å². The number of rotatable bonds is 5. The normalized spacial score (nSPS) is 19.1. The Morgan fingerprint density at radius 3 is 2.79 bits per heavy atom. The Labute approximate surface area is 147 Å². The van der Waals surface area contributed by atoms with E-state index >= 15 is 0 Å². The zero-order valence-corrected chi connectivity index (χ0v) is 14.1. The van der Waals surface area contributed by atoms with E-state index < -0.39 is 6.23 Å². The molecule has 0 aromatic heterocycles. The van der Waals surface area contributed by atoms with E-state index in [0.717, 1.165) is 25.3 Å². The zero-order valence-electron chi connectivity index (χ0n) is 13.4. The van der Waals surface area contributed by atoms with Crippen LogP contribution in [-0.4, -0.2) is 37.6 Å². The number of aliphatic hydroxyl groups excluding tert-OH is 1. The number of hydrogen-bond donors (Lipinski definition) is 3. The highest BCUT2D eigenvalue weighted by atomic mass is 35.5. The fraction of sp³-hybridized carbons (Fsp3) is 0.333. The smallest absolute Gasteiger partial charge is 0.136 e. The molecule has 1 aliphatic rings. The van der Waals surface area contributed by atoms with Crippen molar-refractivity contribution in [1.29, 1.82) is 0 Å². The highest BCUT2D eigenvalue weighted by Gasteiger charge is 2.25. The van der Waals surface area contributed by atoms with Gasteiger partial charge in [0.2, 0.25) is 0 Å². The van der Waals surface area contributed by atoms with Crippen LogP contribution in [0.1, 0.15) is 11.6 Å². The van der Waals surface area contributed by atoms with Gasteiger partial charge < -0.3 is 25.8 Å². The summed E-state index contributed by atoms with van der Waals surface area (Å²) in [5.41, 5.74) is 7.53. The Hall–Kier alpha value is -1.79. The summed E-state index contributed by atoms with van der Waals surface area (Å²) >= 11 is 6.49. The topological polar surface area (TPSA) is 70.8 Å². The molecule has 1 fully saturated rings. The van der Waals surface area contributed by atoms with Gasteiger partial charge in [0.15, 0.2) is 0 Å². The molecule has 0 saturated carbocycles. The van der Waals surface area contributed by atoms with Gasteiger partial charge in [0.25, 0.3) is 0 Å². The second-order valence-corrected chi connectivity index (χ2v) is 6.22. The van der Waals surface area contributed by atoms with Crippen LogP contribution in [0.5, 0.6) is 5.75 Å². The van der Waals surface area contributed by atoms with Crippen molar-refractivity contribution < 1.29 is 9.84 Å². The Morgan fingerprint density at radius 1 is 1.29 bits per heavy atom. The minimum absolute atomic E-state index is 0.0376. The van der Waals surface area contributed by atoms with Gasteiger partial charge in [-0.15, -0.1) is 0 Å². The number of benzene rings is 2. The van der Waals surface area contributed by atoms with E-state index in [4.69, 9.17) is 27.2 Å². The van der Waals surface area contributed by atoms with Crippen LogP contribution >= 0.6 is 11.6 Å². The van der Waals surface area contributed by atoms with Crippen LogP contribution in [0.2, 0.25) is 5.02 Å². The lowest BCUT2D eigenvalue weighted by atomic mass is 10.0. The number of halogens is 1. The lowest BCUT2D eigenvalue weighted by Crippen LogP contribution is -2.46. The standard InChI is InChI=1S/C18H22ClN3O2/c19-15-10-14(24-12-18(20)23)6-7-16(15)22-9-8-21-11-17(22)13-4-2-1-3-5-13/h1-7,10,17-18,21,23H,8-9,11-12,20H2/t17-,18-/m0/s1. The molecular formula is C18H22ClN3O2. The summed E-state index contributed by atoms with van der Waals surface area (Å²) in [6.07, 6.45) is -1.00. The van der Waals surface area contributed by atoms with Gasteiger partial charge in [0.1, 0.15) is 18.6 Å². The maximum absolute atomic E-state index is 9.11. The van der Waals surface area contributed by atoms with Crippen molar-refractivity contribution in [3.8, 4) is 5.75 Å². The summed E-state index contributed by atoms with van der Waals surface area (Å²) in [6.45, 7) is 2.70. The molecular weight excluding hydrogens is 326 g/mol. The van der Waals surface area contributed by atoms with Crippen molar-refractivity contribution in [2.45, 2.75) is 12.3 Å². The molecule has 3 rings (SSSR count). The summed E-state index contributed by atoms with van der Waals surface area (Å²) in [4.78, 5) is 2.32. The molecule has 0 spiro atoms. The third-order valence-electron chi connectivity index (χ3n) is 4.08. The van der Waals surface area contributed by atoms with Crippen LogP contribution in [0.4, 0.5) is 5.69 Å². The number of piperazine rings is 1. The first-order valence-electron chi connectivity index (χ1n) is 8.03. The monoisotopic (exact) mass is 347 g/mol. The fourth-order valence-corrected chi connectivity index (χ4v) is 3.24. The van der Waals surface area contributed by atoms with Gasteiger partial charge in [-0.25, -0.2) is 0 Å². The van der Waals surface area contributed by atoms with Crippen molar-refractivity contribution in [3.63, 3.8) is 0 Å². The first-order chi connectivity index (χ1) is 11.6. The lowest BCUT2D eigenvalue weighted by molar-refractivity contribution is 0.113. The third kappa shape index (κ3) is 3.99. The average Bonchev–Trinajstić information content (AvgIpc) is 2.61. The average molecular weight is 348 g/mol. The minimum Gasteiger partial charge on any atom is -0.489 e. The second-order valence-electron chi connectivity index (χ2n) is 5.82. The Balaban J connectivity index is 1.83. The van der Waals surface area contributed by atoms with Crippen LogP contribution in [0.15, 0.2) is 48.5 Å². The quantitative estimate of drug-likeness (QED) is 0.723. The predicted molar refractivity (Wildman–Crippen MR) is 96.5 cm³/mol.